The number of carboxylic acid groups (broad SMARTS) is 1. The average molecular weight is 210 g/mol. The fourth-order valence-corrected chi connectivity index (χ4v) is 2.56. The van der Waals surface area contributed by atoms with E-state index in [0.29, 0.717) is 5.57 Å². The van der Waals surface area contributed by atoms with E-state index in [0.717, 1.165) is 18.8 Å². The van der Waals surface area contributed by atoms with Crippen molar-refractivity contribution in [2.45, 2.75) is 51.9 Å². The Morgan fingerprint density at radius 1 is 1.40 bits per heavy atom. The van der Waals surface area contributed by atoms with E-state index in [2.05, 4.69) is 13.5 Å². The van der Waals surface area contributed by atoms with Crippen molar-refractivity contribution in [3.63, 3.8) is 0 Å². The van der Waals surface area contributed by atoms with Gasteiger partial charge in [0.05, 0.1) is 0 Å². The summed E-state index contributed by atoms with van der Waals surface area (Å²) in [6, 6.07) is 0. The number of hydrogen-bond acceptors (Lipinski definition) is 1. The van der Waals surface area contributed by atoms with Crippen LogP contribution in [0.3, 0.4) is 0 Å². The fraction of sp³-hybridized carbons (Fsp3) is 0.769. The molecule has 0 aromatic rings. The molecule has 0 aliphatic heterocycles. The van der Waals surface area contributed by atoms with Gasteiger partial charge >= 0.3 is 5.97 Å². The van der Waals surface area contributed by atoms with Crippen molar-refractivity contribution in [2.75, 3.05) is 0 Å². The van der Waals surface area contributed by atoms with Gasteiger partial charge in [0.15, 0.2) is 0 Å². The van der Waals surface area contributed by atoms with Crippen LogP contribution in [0.5, 0.6) is 0 Å². The van der Waals surface area contributed by atoms with Crippen molar-refractivity contribution < 1.29 is 9.90 Å². The highest BCUT2D eigenvalue weighted by molar-refractivity contribution is 5.86. The Morgan fingerprint density at radius 3 is 2.47 bits per heavy atom. The predicted molar refractivity (Wildman–Crippen MR) is 61.7 cm³/mol. The van der Waals surface area contributed by atoms with Gasteiger partial charge in [-0.2, -0.15) is 0 Å². The van der Waals surface area contributed by atoms with Crippen molar-refractivity contribution in [1.82, 2.24) is 0 Å². The van der Waals surface area contributed by atoms with E-state index in [1.165, 1.54) is 32.1 Å². The molecular weight excluding hydrogens is 188 g/mol. The van der Waals surface area contributed by atoms with Gasteiger partial charge in [-0.1, -0.05) is 45.6 Å². The van der Waals surface area contributed by atoms with E-state index in [4.69, 9.17) is 5.11 Å². The van der Waals surface area contributed by atoms with Crippen LogP contribution in [-0.2, 0) is 4.79 Å². The van der Waals surface area contributed by atoms with Crippen molar-refractivity contribution in [1.29, 1.82) is 0 Å². The topological polar surface area (TPSA) is 37.3 Å². The lowest BCUT2D eigenvalue weighted by atomic mass is 9.80. The zero-order valence-corrected chi connectivity index (χ0v) is 9.67. The summed E-state index contributed by atoms with van der Waals surface area (Å²) >= 11 is 0. The second-order valence-corrected chi connectivity index (χ2v) is 4.68. The van der Waals surface area contributed by atoms with E-state index >= 15 is 0 Å². The maximum atomic E-state index is 10.8. The van der Waals surface area contributed by atoms with E-state index in [9.17, 15) is 4.79 Å². The standard InChI is InChI=1S/C13H22O2/c1-3-12(10(2)13(14)15)9-11-7-5-4-6-8-11/h11-12H,2-9H2,1H3,(H,14,15). The fourth-order valence-electron chi connectivity index (χ4n) is 2.56. The van der Waals surface area contributed by atoms with Crippen molar-refractivity contribution >= 4 is 5.97 Å². The second-order valence-electron chi connectivity index (χ2n) is 4.68. The third kappa shape index (κ3) is 3.69. The lowest BCUT2D eigenvalue weighted by molar-refractivity contribution is -0.133. The van der Waals surface area contributed by atoms with Crippen LogP contribution in [0.15, 0.2) is 12.2 Å². The van der Waals surface area contributed by atoms with Crippen LogP contribution in [0.1, 0.15) is 51.9 Å². The summed E-state index contributed by atoms with van der Waals surface area (Å²) in [7, 11) is 0. The maximum absolute atomic E-state index is 10.8. The van der Waals surface area contributed by atoms with Crippen LogP contribution in [0.4, 0.5) is 0 Å². The predicted octanol–water partition coefficient (Wildman–Crippen LogP) is 3.62. The Labute approximate surface area is 92.4 Å². The van der Waals surface area contributed by atoms with Crippen molar-refractivity contribution in [2.24, 2.45) is 11.8 Å². The van der Waals surface area contributed by atoms with Crippen molar-refractivity contribution in [3.8, 4) is 0 Å². The lowest BCUT2D eigenvalue weighted by Gasteiger charge is -2.25. The summed E-state index contributed by atoms with van der Waals surface area (Å²) in [6.45, 7) is 5.75. The molecule has 1 rings (SSSR count). The van der Waals surface area contributed by atoms with Gasteiger partial charge in [-0.15, -0.1) is 0 Å². The van der Waals surface area contributed by atoms with Gasteiger partial charge in [0.1, 0.15) is 0 Å². The van der Waals surface area contributed by atoms with Crippen LogP contribution >= 0.6 is 0 Å². The first-order valence-corrected chi connectivity index (χ1v) is 6.07. The smallest absolute Gasteiger partial charge is 0.331 e. The molecule has 0 spiro atoms. The highest BCUT2D eigenvalue weighted by Crippen LogP contribution is 2.32. The summed E-state index contributed by atoms with van der Waals surface area (Å²) in [5.74, 6) is 0.100. The highest BCUT2D eigenvalue weighted by atomic mass is 16.4. The molecule has 0 radical (unpaired) electrons. The molecule has 1 N–H and O–H groups in total. The van der Waals surface area contributed by atoms with Gasteiger partial charge in [0.2, 0.25) is 0 Å². The van der Waals surface area contributed by atoms with Crippen LogP contribution in [0.2, 0.25) is 0 Å². The zero-order chi connectivity index (χ0) is 11.3. The number of hydrogen-bond donors (Lipinski definition) is 1. The summed E-state index contributed by atoms with van der Waals surface area (Å²) in [4.78, 5) is 10.8. The molecule has 1 atom stereocenters. The Bertz CT molecular complexity index is 227. The average Bonchev–Trinajstić information content (AvgIpc) is 2.26. The largest absolute Gasteiger partial charge is 0.478 e. The van der Waals surface area contributed by atoms with Gasteiger partial charge in [-0.25, -0.2) is 4.79 Å². The Balaban J connectivity index is 2.44. The maximum Gasteiger partial charge on any atom is 0.331 e. The van der Waals surface area contributed by atoms with Gasteiger partial charge < -0.3 is 5.11 Å². The molecule has 0 amide bonds. The molecular formula is C13H22O2. The minimum Gasteiger partial charge on any atom is -0.478 e. The molecule has 0 bridgehead atoms. The molecule has 86 valence electrons. The third-order valence-electron chi connectivity index (χ3n) is 3.60. The molecule has 0 aromatic carbocycles. The van der Waals surface area contributed by atoms with E-state index in [-0.39, 0.29) is 5.92 Å². The monoisotopic (exact) mass is 210 g/mol. The number of rotatable bonds is 5. The molecule has 2 nitrogen and oxygen atoms in total. The molecule has 0 aromatic heterocycles. The molecule has 1 unspecified atom stereocenters. The summed E-state index contributed by atoms with van der Waals surface area (Å²) < 4.78 is 0. The minimum absolute atomic E-state index is 0.186. The Kier molecular flexibility index (Phi) is 4.86. The first-order chi connectivity index (χ1) is 7.15. The highest BCUT2D eigenvalue weighted by Gasteiger charge is 2.22. The minimum atomic E-state index is -0.822. The number of aliphatic carboxylic acids is 1. The van der Waals surface area contributed by atoms with Crippen LogP contribution < -0.4 is 0 Å². The van der Waals surface area contributed by atoms with E-state index in [1.807, 2.05) is 0 Å². The molecule has 1 aliphatic rings. The summed E-state index contributed by atoms with van der Waals surface area (Å²) in [6.07, 6.45) is 8.49. The van der Waals surface area contributed by atoms with Gasteiger partial charge in [0.25, 0.3) is 0 Å². The van der Waals surface area contributed by atoms with Gasteiger partial charge in [0, 0.05) is 5.57 Å². The first kappa shape index (κ1) is 12.3. The van der Waals surface area contributed by atoms with E-state index < -0.39 is 5.97 Å². The quantitative estimate of drug-likeness (QED) is 0.704. The molecule has 1 saturated carbocycles. The molecule has 1 aliphatic carbocycles. The zero-order valence-electron chi connectivity index (χ0n) is 9.67. The van der Waals surface area contributed by atoms with Crippen LogP contribution in [0.25, 0.3) is 0 Å². The summed E-state index contributed by atoms with van der Waals surface area (Å²) in [5.41, 5.74) is 0.406. The summed E-state index contributed by atoms with van der Waals surface area (Å²) in [5, 5.41) is 8.91. The molecule has 2 heteroatoms. The molecule has 0 heterocycles. The number of carboxylic acids is 1. The Morgan fingerprint density at radius 2 is 2.00 bits per heavy atom. The van der Waals surface area contributed by atoms with Crippen LogP contribution in [-0.4, -0.2) is 11.1 Å². The van der Waals surface area contributed by atoms with Crippen molar-refractivity contribution in [3.05, 3.63) is 12.2 Å². The van der Waals surface area contributed by atoms with Crippen LogP contribution in [0, 0.1) is 11.8 Å². The van der Waals surface area contributed by atoms with Gasteiger partial charge in [-0.05, 0) is 24.7 Å². The first-order valence-electron chi connectivity index (χ1n) is 6.07. The third-order valence-corrected chi connectivity index (χ3v) is 3.60. The molecule has 0 saturated heterocycles. The van der Waals surface area contributed by atoms with Gasteiger partial charge in [-0.3, -0.25) is 0 Å². The Hall–Kier alpha value is -0.790. The number of carbonyl (C=O) groups is 1. The molecule has 1 fully saturated rings. The SMILES string of the molecule is C=C(C(=O)O)C(CC)CC1CCCCC1. The second kappa shape index (κ2) is 5.94. The lowest BCUT2D eigenvalue weighted by Crippen LogP contribution is -2.17. The van der Waals surface area contributed by atoms with E-state index in [1.54, 1.807) is 0 Å². The normalized spacial score (nSPS) is 19.8. The molecule has 15 heavy (non-hydrogen) atoms.